The number of nitrogens with zero attached hydrogens (tertiary/aromatic N) is 1. The zero-order valence-electron chi connectivity index (χ0n) is 10.6. The van der Waals surface area contributed by atoms with Gasteiger partial charge in [0.2, 0.25) is 0 Å². The molecule has 5 nitrogen and oxygen atoms in total. The minimum absolute atomic E-state index is 0.317. The summed E-state index contributed by atoms with van der Waals surface area (Å²) in [6.07, 6.45) is 0.729. The Morgan fingerprint density at radius 1 is 1.28 bits per heavy atom. The predicted octanol–water partition coefficient (Wildman–Crippen LogP) is -0.238. The van der Waals surface area contributed by atoms with E-state index in [1.807, 2.05) is 30.3 Å². The van der Waals surface area contributed by atoms with Gasteiger partial charge in [0, 0.05) is 26.7 Å². The molecule has 0 radical (unpaired) electrons. The molecular weight excluding hydrogens is 230 g/mol. The average molecular weight is 249 g/mol. The lowest BCUT2D eigenvalue weighted by molar-refractivity contribution is -0.144. The minimum atomic E-state index is -0.601. The quantitative estimate of drug-likeness (QED) is 0.707. The Morgan fingerprint density at radius 3 is 2.56 bits per heavy atom. The maximum atomic E-state index is 11.6. The van der Waals surface area contributed by atoms with Gasteiger partial charge in [-0.2, -0.15) is 0 Å². The van der Waals surface area contributed by atoms with Gasteiger partial charge in [-0.05, 0) is 12.0 Å². The molecule has 0 fully saturated rings. The molecule has 1 aromatic rings. The summed E-state index contributed by atoms with van der Waals surface area (Å²) in [6.45, 7) is 1.16. The molecule has 0 aromatic heterocycles. The van der Waals surface area contributed by atoms with Crippen LogP contribution in [-0.4, -0.2) is 43.4 Å². The molecular formula is C13H19N3O2. The lowest BCUT2D eigenvalue weighted by Gasteiger charge is -2.16. The maximum Gasteiger partial charge on any atom is 0.311 e. The van der Waals surface area contributed by atoms with E-state index < -0.39 is 11.8 Å². The van der Waals surface area contributed by atoms with Gasteiger partial charge in [0.15, 0.2) is 0 Å². The molecule has 0 aliphatic heterocycles. The summed E-state index contributed by atoms with van der Waals surface area (Å²) < 4.78 is 0. The number of carbonyl (C=O) groups excluding carboxylic acids is 2. The van der Waals surface area contributed by atoms with Crippen molar-refractivity contribution in [2.75, 3.05) is 26.7 Å². The van der Waals surface area contributed by atoms with Crippen molar-refractivity contribution in [2.24, 2.45) is 5.73 Å². The second-order valence-corrected chi connectivity index (χ2v) is 4.01. The van der Waals surface area contributed by atoms with Gasteiger partial charge >= 0.3 is 11.8 Å². The topological polar surface area (TPSA) is 75.4 Å². The van der Waals surface area contributed by atoms with E-state index in [1.165, 1.54) is 4.90 Å². The fourth-order valence-corrected chi connectivity index (χ4v) is 1.48. The van der Waals surface area contributed by atoms with Crippen LogP contribution in [0.3, 0.4) is 0 Å². The minimum Gasteiger partial charge on any atom is -0.347 e. The van der Waals surface area contributed by atoms with Gasteiger partial charge < -0.3 is 16.0 Å². The van der Waals surface area contributed by atoms with Crippen LogP contribution in [0, 0.1) is 0 Å². The van der Waals surface area contributed by atoms with Crippen LogP contribution in [0.5, 0.6) is 0 Å². The number of carbonyl (C=O) groups is 2. The van der Waals surface area contributed by atoms with Gasteiger partial charge in [0.25, 0.3) is 0 Å². The molecule has 0 heterocycles. The third-order valence-corrected chi connectivity index (χ3v) is 2.55. The Kier molecular flexibility index (Phi) is 5.87. The van der Waals surface area contributed by atoms with E-state index in [4.69, 9.17) is 5.73 Å². The zero-order valence-corrected chi connectivity index (χ0v) is 10.6. The molecule has 5 heteroatoms. The van der Waals surface area contributed by atoms with Gasteiger partial charge in [-0.15, -0.1) is 0 Å². The number of nitrogens with two attached hydrogens (primary N) is 1. The van der Waals surface area contributed by atoms with Crippen LogP contribution in [0.15, 0.2) is 30.3 Å². The van der Waals surface area contributed by atoms with Crippen molar-refractivity contribution >= 4 is 11.8 Å². The van der Waals surface area contributed by atoms with E-state index in [-0.39, 0.29) is 0 Å². The second-order valence-electron chi connectivity index (χ2n) is 4.01. The van der Waals surface area contributed by atoms with Crippen molar-refractivity contribution in [2.45, 2.75) is 6.42 Å². The van der Waals surface area contributed by atoms with Gasteiger partial charge in [0.1, 0.15) is 0 Å². The third kappa shape index (κ3) is 4.55. The number of benzene rings is 1. The Labute approximate surface area is 107 Å². The Bertz CT molecular complexity index is 392. The Balaban J connectivity index is 2.38. The molecule has 18 heavy (non-hydrogen) atoms. The van der Waals surface area contributed by atoms with E-state index in [2.05, 4.69) is 5.32 Å². The first-order valence-corrected chi connectivity index (χ1v) is 5.92. The standard InChI is InChI=1S/C13H19N3O2/c1-16(13(18)12(17)15-9-8-14)10-7-11-5-3-2-4-6-11/h2-6H,7-10,14H2,1H3,(H,15,17). The summed E-state index contributed by atoms with van der Waals surface area (Å²) in [5.74, 6) is -1.13. The fraction of sp³-hybridized carbons (Fsp3) is 0.385. The van der Waals surface area contributed by atoms with Crippen LogP contribution in [0.1, 0.15) is 5.56 Å². The number of nitrogens with one attached hydrogen (secondary N) is 1. The van der Waals surface area contributed by atoms with Gasteiger partial charge in [0.05, 0.1) is 0 Å². The molecule has 2 amide bonds. The Morgan fingerprint density at radius 2 is 1.94 bits per heavy atom. The number of hydrogen-bond donors (Lipinski definition) is 2. The summed E-state index contributed by atoms with van der Waals surface area (Å²) in [5, 5.41) is 2.46. The van der Waals surface area contributed by atoms with E-state index >= 15 is 0 Å². The van der Waals surface area contributed by atoms with Crippen LogP contribution in [-0.2, 0) is 16.0 Å². The SMILES string of the molecule is CN(CCc1ccccc1)C(=O)C(=O)NCCN. The van der Waals surface area contributed by atoms with Crippen molar-refractivity contribution in [1.29, 1.82) is 0 Å². The Hall–Kier alpha value is -1.88. The molecule has 0 bridgehead atoms. The van der Waals surface area contributed by atoms with Gasteiger partial charge in [-0.1, -0.05) is 30.3 Å². The van der Waals surface area contributed by atoms with Crippen LogP contribution in [0.4, 0.5) is 0 Å². The van der Waals surface area contributed by atoms with Crippen LogP contribution in [0.25, 0.3) is 0 Å². The van der Waals surface area contributed by atoms with Crippen molar-refractivity contribution in [3.63, 3.8) is 0 Å². The van der Waals surface area contributed by atoms with Crippen molar-refractivity contribution in [3.8, 4) is 0 Å². The highest BCUT2D eigenvalue weighted by Crippen LogP contribution is 2.00. The van der Waals surface area contributed by atoms with Crippen LogP contribution >= 0.6 is 0 Å². The molecule has 1 rings (SSSR count). The van der Waals surface area contributed by atoms with Crippen molar-refractivity contribution in [1.82, 2.24) is 10.2 Å². The van der Waals surface area contributed by atoms with E-state index in [0.717, 1.165) is 12.0 Å². The summed E-state index contributed by atoms with van der Waals surface area (Å²) in [4.78, 5) is 24.5. The molecule has 98 valence electrons. The molecule has 0 spiro atoms. The normalized spacial score (nSPS) is 9.89. The molecule has 3 N–H and O–H groups in total. The molecule has 1 aromatic carbocycles. The van der Waals surface area contributed by atoms with Crippen molar-refractivity contribution < 1.29 is 9.59 Å². The fourth-order valence-electron chi connectivity index (χ4n) is 1.48. The van der Waals surface area contributed by atoms with E-state index in [9.17, 15) is 9.59 Å². The summed E-state index contributed by atoms with van der Waals surface area (Å²) in [7, 11) is 1.62. The number of likely N-dealkylation sites (N-methyl/N-ethyl adjacent to an activating group) is 1. The summed E-state index contributed by atoms with van der Waals surface area (Å²) in [6, 6.07) is 9.83. The van der Waals surface area contributed by atoms with Crippen LogP contribution < -0.4 is 11.1 Å². The molecule has 0 aliphatic carbocycles. The molecule has 0 saturated heterocycles. The zero-order chi connectivity index (χ0) is 13.4. The predicted molar refractivity (Wildman–Crippen MR) is 69.8 cm³/mol. The second kappa shape index (κ2) is 7.45. The van der Waals surface area contributed by atoms with E-state index in [0.29, 0.717) is 19.6 Å². The van der Waals surface area contributed by atoms with Gasteiger partial charge in [-0.3, -0.25) is 9.59 Å². The molecule has 0 atom stereocenters. The van der Waals surface area contributed by atoms with Gasteiger partial charge in [-0.25, -0.2) is 0 Å². The highest BCUT2D eigenvalue weighted by atomic mass is 16.2. The average Bonchev–Trinajstić information content (AvgIpc) is 2.42. The summed E-state index contributed by atoms with van der Waals surface area (Å²) >= 11 is 0. The molecule has 0 saturated carbocycles. The monoisotopic (exact) mass is 249 g/mol. The number of amides is 2. The largest absolute Gasteiger partial charge is 0.347 e. The third-order valence-electron chi connectivity index (χ3n) is 2.55. The smallest absolute Gasteiger partial charge is 0.311 e. The maximum absolute atomic E-state index is 11.6. The first kappa shape index (κ1) is 14.2. The number of rotatable bonds is 5. The lowest BCUT2D eigenvalue weighted by atomic mass is 10.1. The highest BCUT2D eigenvalue weighted by Gasteiger charge is 2.17. The summed E-state index contributed by atoms with van der Waals surface area (Å²) in [5.41, 5.74) is 6.39. The van der Waals surface area contributed by atoms with E-state index in [1.54, 1.807) is 7.05 Å². The lowest BCUT2D eigenvalue weighted by Crippen LogP contribution is -2.43. The highest BCUT2D eigenvalue weighted by molar-refractivity contribution is 6.34. The van der Waals surface area contributed by atoms with Crippen molar-refractivity contribution in [3.05, 3.63) is 35.9 Å². The first-order chi connectivity index (χ1) is 8.65. The molecule has 0 aliphatic rings. The van der Waals surface area contributed by atoms with Crippen LogP contribution in [0.2, 0.25) is 0 Å². The molecule has 0 unspecified atom stereocenters. The number of hydrogen-bond acceptors (Lipinski definition) is 3. The first-order valence-electron chi connectivity index (χ1n) is 5.92.